The summed E-state index contributed by atoms with van der Waals surface area (Å²) in [6.07, 6.45) is 0. The Morgan fingerprint density at radius 3 is 2.60 bits per heavy atom. The fourth-order valence-electron chi connectivity index (χ4n) is 1.95. The zero-order valence-corrected chi connectivity index (χ0v) is 11.4. The van der Waals surface area contributed by atoms with E-state index in [2.05, 4.69) is 10.5 Å². The van der Waals surface area contributed by atoms with Gasteiger partial charge in [-0.3, -0.25) is 14.4 Å². The van der Waals surface area contributed by atoms with Gasteiger partial charge in [0.05, 0.1) is 6.61 Å². The van der Waals surface area contributed by atoms with Crippen LogP contribution in [0, 0.1) is 13.8 Å². The van der Waals surface area contributed by atoms with Crippen LogP contribution in [-0.2, 0) is 11.4 Å². The van der Waals surface area contributed by atoms with E-state index in [9.17, 15) is 9.59 Å². The van der Waals surface area contributed by atoms with Crippen molar-refractivity contribution < 1.29 is 9.63 Å². The van der Waals surface area contributed by atoms with Crippen LogP contribution in [0.1, 0.15) is 27.2 Å². The van der Waals surface area contributed by atoms with Gasteiger partial charge in [-0.2, -0.15) is 0 Å². The summed E-state index contributed by atoms with van der Waals surface area (Å²) in [5.74, 6) is -0.542. The fourth-order valence-corrected chi connectivity index (χ4v) is 1.95. The highest BCUT2D eigenvalue weighted by Gasteiger charge is 2.14. The van der Waals surface area contributed by atoms with Gasteiger partial charge >= 0.3 is 0 Å². The molecule has 0 aliphatic heterocycles. The van der Waals surface area contributed by atoms with Crippen molar-refractivity contribution in [3.63, 3.8) is 0 Å². The summed E-state index contributed by atoms with van der Waals surface area (Å²) in [5, 5.41) is 0. The summed E-state index contributed by atoms with van der Waals surface area (Å²) >= 11 is 0. The van der Waals surface area contributed by atoms with Crippen LogP contribution >= 0.6 is 0 Å². The van der Waals surface area contributed by atoms with Crippen LogP contribution in [0.4, 0.5) is 0 Å². The number of rotatable bonds is 4. The second kappa shape index (κ2) is 6.16. The monoisotopic (exact) mass is 272 g/mol. The lowest BCUT2D eigenvalue weighted by molar-refractivity contribution is 0.0231. The zero-order valence-electron chi connectivity index (χ0n) is 11.4. The number of aryl methyl sites for hydroxylation is 2. The van der Waals surface area contributed by atoms with Crippen LogP contribution in [0.2, 0.25) is 0 Å². The van der Waals surface area contributed by atoms with Gasteiger partial charge in [-0.05, 0) is 31.0 Å². The highest BCUT2D eigenvalue weighted by atomic mass is 16.6. The lowest BCUT2D eigenvalue weighted by Gasteiger charge is -2.08. The number of hydrogen-bond donors (Lipinski definition) is 2. The van der Waals surface area contributed by atoms with Crippen molar-refractivity contribution in [2.24, 2.45) is 0 Å². The Bertz CT molecular complexity index is 663. The van der Waals surface area contributed by atoms with Crippen molar-refractivity contribution in [2.45, 2.75) is 20.5 Å². The molecule has 1 aromatic heterocycles. The van der Waals surface area contributed by atoms with Gasteiger partial charge in [-0.15, -0.1) is 0 Å². The van der Waals surface area contributed by atoms with Gasteiger partial charge in [0.15, 0.2) is 0 Å². The number of pyridine rings is 1. The molecule has 0 saturated heterocycles. The molecule has 0 unspecified atom stereocenters. The van der Waals surface area contributed by atoms with E-state index in [1.807, 2.05) is 30.3 Å². The van der Waals surface area contributed by atoms with E-state index < -0.39 is 11.5 Å². The van der Waals surface area contributed by atoms with Crippen molar-refractivity contribution in [2.75, 3.05) is 0 Å². The Morgan fingerprint density at radius 2 is 1.95 bits per heavy atom. The van der Waals surface area contributed by atoms with Gasteiger partial charge in [-0.25, -0.2) is 5.48 Å². The number of hydrogen-bond acceptors (Lipinski definition) is 3. The number of benzene rings is 1. The zero-order chi connectivity index (χ0) is 14.5. The van der Waals surface area contributed by atoms with E-state index >= 15 is 0 Å². The maximum atomic E-state index is 11.9. The van der Waals surface area contributed by atoms with E-state index in [4.69, 9.17) is 4.84 Å². The second-order valence-electron chi connectivity index (χ2n) is 4.54. The third-order valence-electron chi connectivity index (χ3n) is 2.84. The molecule has 1 heterocycles. The number of nitrogens with one attached hydrogen (secondary N) is 2. The van der Waals surface area contributed by atoms with Crippen molar-refractivity contribution in [3.8, 4) is 0 Å². The topological polar surface area (TPSA) is 71.2 Å². The van der Waals surface area contributed by atoms with Gasteiger partial charge in [0.1, 0.15) is 5.56 Å². The molecule has 0 saturated carbocycles. The second-order valence-corrected chi connectivity index (χ2v) is 4.54. The van der Waals surface area contributed by atoms with Gasteiger partial charge in [0, 0.05) is 5.69 Å². The molecule has 0 fully saturated rings. The highest BCUT2D eigenvalue weighted by molar-refractivity contribution is 5.94. The maximum absolute atomic E-state index is 11.9. The molecule has 2 rings (SSSR count). The fraction of sp³-hybridized carbons (Fsp3) is 0.200. The number of carbonyl (C=O) groups is 1. The number of carbonyl (C=O) groups excluding carboxylic acids is 1. The van der Waals surface area contributed by atoms with Gasteiger partial charge in [0.25, 0.3) is 11.5 Å². The number of aromatic nitrogens is 1. The van der Waals surface area contributed by atoms with E-state index in [0.29, 0.717) is 11.3 Å². The minimum atomic E-state index is -0.542. The number of H-pyrrole nitrogens is 1. The third-order valence-corrected chi connectivity index (χ3v) is 2.84. The predicted molar refractivity (Wildman–Crippen MR) is 75.2 cm³/mol. The van der Waals surface area contributed by atoms with Crippen LogP contribution in [0.25, 0.3) is 0 Å². The van der Waals surface area contributed by atoms with Crippen molar-refractivity contribution in [3.05, 3.63) is 69.1 Å². The Labute approximate surface area is 116 Å². The smallest absolute Gasteiger partial charge is 0.280 e. The number of amides is 1. The number of hydroxylamine groups is 1. The van der Waals surface area contributed by atoms with E-state index in [1.54, 1.807) is 19.9 Å². The Morgan fingerprint density at radius 1 is 1.25 bits per heavy atom. The summed E-state index contributed by atoms with van der Waals surface area (Å²) in [4.78, 5) is 31.4. The molecule has 2 aromatic rings. The summed E-state index contributed by atoms with van der Waals surface area (Å²) in [6.45, 7) is 3.73. The maximum Gasteiger partial charge on any atom is 0.280 e. The molecular weight excluding hydrogens is 256 g/mol. The standard InChI is InChI=1S/C15H16N2O3/c1-10-8-11(2)16-14(18)13(10)15(19)17-20-9-12-6-4-3-5-7-12/h3-8H,9H2,1-2H3,(H,16,18)(H,17,19). The summed E-state index contributed by atoms with van der Waals surface area (Å²) in [5.41, 5.74) is 4.22. The average molecular weight is 272 g/mol. The van der Waals surface area contributed by atoms with Crippen LogP contribution < -0.4 is 11.0 Å². The largest absolute Gasteiger partial charge is 0.326 e. The first-order chi connectivity index (χ1) is 9.58. The minimum absolute atomic E-state index is 0.0728. The third kappa shape index (κ3) is 3.33. The highest BCUT2D eigenvalue weighted by Crippen LogP contribution is 2.04. The molecule has 2 N–H and O–H groups in total. The summed E-state index contributed by atoms with van der Waals surface area (Å²) < 4.78 is 0. The van der Waals surface area contributed by atoms with E-state index in [1.165, 1.54) is 0 Å². The van der Waals surface area contributed by atoms with Crippen molar-refractivity contribution >= 4 is 5.91 Å². The van der Waals surface area contributed by atoms with Crippen LogP contribution in [-0.4, -0.2) is 10.9 Å². The molecular formula is C15H16N2O3. The van der Waals surface area contributed by atoms with Crippen molar-refractivity contribution in [1.82, 2.24) is 10.5 Å². The molecule has 0 aliphatic carbocycles. The lowest BCUT2D eigenvalue weighted by Crippen LogP contribution is -2.31. The normalized spacial score (nSPS) is 10.3. The quantitative estimate of drug-likeness (QED) is 0.834. The van der Waals surface area contributed by atoms with Crippen LogP contribution in [0.3, 0.4) is 0 Å². The first-order valence-electron chi connectivity index (χ1n) is 6.24. The lowest BCUT2D eigenvalue weighted by atomic mass is 10.1. The molecule has 0 atom stereocenters. The van der Waals surface area contributed by atoms with Crippen LogP contribution in [0.5, 0.6) is 0 Å². The van der Waals surface area contributed by atoms with E-state index in [0.717, 1.165) is 5.56 Å². The molecule has 20 heavy (non-hydrogen) atoms. The summed E-state index contributed by atoms with van der Waals surface area (Å²) in [7, 11) is 0. The molecule has 104 valence electrons. The van der Waals surface area contributed by atoms with Gasteiger partial charge < -0.3 is 4.98 Å². The van der Waals surface area contributed by atoms with Gasteiger partial charge in [0.2, 0.25) is 0 Å². The van der Waals surface area contributed by atoms with E-state index in [-0.39, 0.29) is 12.2 Å². The predicted octanol–water partition coefficient (Wildman–Crippen LogP) is 1.85. The molecule has 0 aliphatic rings. The van der Waals surface area contributed by atoms with Crippen LogP contribution in [0.15, 0.2) is 41.2 Å². The molecule has 0 radical (unpaired) electrons. The SMILES string of the molecule is Cc1cc(C)c(C(=O)NOCc2ccccc2)c(=O)[nH]1. The molecule has 1 aromatic carbocycles. The first kappa shape index (κ1) is 14.0. The first-order valence-corrected chi connectivity index (χ1v) is 6.24. The Kier molecular flexibility index (Phi) is 4.32. The average Bonchev–Trinajstić information content (AvgIpc) is 2.38. The Balaban J connectivity index is 2.01. The van der Waals surface area contributed by atoms with Crippen molar-refractivity contribution in [1.29, 1.82) is 0 Å². The summed E-state index contributed by atoms with van der Waals surface area (Å²) in [6, 6.07) is 11.2. The van der Waals surface area contributed by atoms with Gasteiger partial charge in [-0.1, -0.05) is 30.3 Å². The molecule has 5 nitrogen and oxygen atoms in total. The molecule has 0 spiro atoms. The molecule has 0 bridgehead atoms. The number of aromatic amines is 1. The minimum Gasteiger partial charge on any atom is -0.326 e. The molecule has 1 amide bonds. The molecule has 5 heteroatoms. The Hall–Kier alpha value is -2.40.